The summed E-state index contributed by atoms with van der Waals surface area (Å²) in [6, 6.07) is 0. The number of rotatable bonds is 6. The van der Waals surface area contributed by atoms with Gasteiger partial charge < -0.3 is 0 Å². The Morgan fingerprint density at radius 2 is 1.19 bits per heavy atom. The lowest BCUT2D eigenvalue weighted by molar-refractivity contribution is 0.752. The summed E-state index contributed by atoms with van der Waals surface area (Å²) in [4.78, 5) is 0. The molecule has 0 saturated carbocycles. The van der Waals surface area contributed by atoms with Crippen molar-refractivity contribution in [3.63, 3.8) is 0 Å². The standard InChI is InChI=1S/C8H18P2S6/c1-7(2)5-13-9(11)15-10(12,16-9)14-6-8(3)4/h7-8H,5-6H2,1-4H3. The molecule has 0 nitrogen and oxygen atoms in total. The fourth-order valence-electron chi connectivity index (χ4n) is 0.826. The summed E-state index contributed by atoms with van der Waals surface area (Å²) in [5, 5.41) is 0. The Kier molecular flexibility index (Phi) is 7.25. The molecule has 96 valence electrons. The first-order valence-corrected chi connectivity index (χ1v) is 18.0. The van der Waals surface area contributed by atoms with E-state index in [1.807, 2.05) is 44.8 Å². The third kappa shape index (κ3) is 5.77. The van der Waals surface area contributed by atoms with Crippen molar-refractivity contribution in [3.8, 4) is 0 Å². The van der Waals surface area contributed by atoms with Gasteiger partial charge in [-0.05, 0) is 33.8 Å². The molecule has 0 aromatic rings. The van der Waals surface area contributed by atoms with Crippen LogP contribution in [0.2, 0.25) is 0 Å². The normalized spacial score (nSPS) is 34.4. The Hall–Kier alpha value is 2.70. The van der Waals surface area contributed by atoms with Crippen LogP contribution in [-0.2, 0) is 23.6 Å². The van der Waals surface area contributed by atoms with Crippen molar-refractivity contribution in [2.24, 2.45) is 11.8 Å². The molecule has 0 bridgehead atoms. The topological polar surface area (TPSA) is 0 Å². The van der Waals surface area contributed by atoms with E-state index in [-0.39, 0.29) is 0 Å². The van der Waals surface area contributed by atoms with Gasteiger partial charge in [-0.2, -0.15) is 0 Å². The highest BCUT2D eigenvalue weighted by molar-refractivity contribution is 9.63. The summed E-state index contributed by atoms with van der Waals surface area (Å²) in [6.45, 7) is 9.03. The fourth-order valence-corrected chi connectivity index (χ4v) is 70.9. The van der Waals surface area contributed by atoms with Crippen LogP contribution in [0.4, 0.5) is 0 Å². The molecule has 0 amide bonds. The highest BCUT2D eigenvalue weighted by Crippen LogP contribution is 3.12. The van der Waals surface area contributed by atoms with Crippen molar-refractivity contribution in [1.82, 2.24) is 0 Å². The zero-order valence-electron chi connectivity index (χ0n) is 9.91. The minimum atomic E-state index is -1.22. The molecule has 0 aliphatic carbocycles. The highest BCUT2D eigenvalue weighted by atomic mass is 33.9. The van der Waals surface area contributed by atoms with Crippen LogP contribution in [0, 0.1) is 11.8 Å². The average Bonchev–Trinajstić information content (AvgIpc) is 2.09. The molecule has 0 unspecified atom stereocenters. The number of hydrogen-bond donors (Lipinski definition) is 0. The van der Waals surface area contributed by atoms with Gasteiger partial charge in [-0.3, -0.25) is 0 Å². The first-order chi connectivity index (χ1) is 7.25. The Morgan fingerprint density at radius 3 is 1.44 bits per heavy atom. The summed E-state index contributed by atoms with van der Waals surface area (Å²) in [5.41, 5.74) is 0. The molecule has 16 heavy (non-hydrogen) atoms. The van der Waals surface area contributed by atoms with Crippen molar-refractivity contribution in [3.05, 3.63) is 0 Å². The van der Waals surface area contributed by atoms with Gasteiger partial charge in [0.15, 0.2) is 0 Å². The SMILES string of the molecule is CC(C)CSP1(=S)SP(=S)(SCC(C)C)S1. The van der Waals surface area contributed by atoms with Crippen LogP contribution in [0.15, 0.2) is 0 Å². The average molecular weight is 369 g/mol. The maximum Gasteiger partial charge on any atom is 0.121 e. The van der Waals surface area contributed by atoms with Crippen LogP contribution in [0.3, 0.4) is 0 Å². The maximum absolute atomic E-state index is 5.73. The predicted octanol–water partition coefficient (Wildman–Crippen LogP) is 6.69. The summed E-state index contributed by atoms with van der Waals surface area (Å²) in [5.74, 6) is 3.88. The molecule has 1 fully saturated rings. The molecule has 0 radical (unpaired) electrons. The maximum atomic E-state index is 5.73. The van der Waals surface area contributed by atoms with Crippen molar-refractivity contribution < 1.29 is 0 Å². The summed E-state index contributed by atoms with van der Waals surface area (Å²) >= 11 is 19.5. The quantitative estimate of drug-likeness (QED) is 0.475. The second kappa shape index (κ2) is 6.92. The lowest BCUT2D eigenvalue weighted by Crippen LogP contribution is -1.92. The van der Waals surface area contributed by atoms with E-state index in [1.54, 1.807) is 0 Å². The monoisotopic (exact) mass is 368 g/mol. The van der Waals surface area contributed by atoms with E-state index in [2.05, 4.69) is 27.7 Å². The van der Waals surface area contributed by atoms with Gasteiger partial charge >= 0.3 is 0 Å². The van der Waals surface area contributed by atoms with Crippen LogP contribution < -0.4 is 0 Å². The molecule has 1 rings (SSSR count). The molecular weight excluding hydrogens is 350 g/mol. The second-order valence-electron chi connectivity index (χ2n) is 4.44. The van der Waals surface area contributed by atoms with Gasteiger partial charge in [-0.1, -0.05) is 51.3 Å². The van der Waals surface area contributed by atoms with Crippen molar-refractivity contribution in [2.45, 2.75) is 27.7 Å². The van der Waals surface area contributed by atoms with Crippen LogP contribution in [0.1, 0.15) is 27.7 Å². The molecule has 0 aromatic heterocycles. The van der Waals surface area contributed by atoms with Crippen LogP contribution in [0.5, 0.6) is 0 Å². The highest BCUT2D eigenvalue weighted by Gasteiger charge is 2.44. The van der Waals surface area contributed by atoms with Gasteiger partial charge in [0.2, 0.25) is 0 Å². The zero-order chi connectivity index (χ0) is 12.4. The minimum Gasteiger partial charge on any atom is -0.103 e. The molecule has 0 spiro atoms. The molecule has 1 saturated heterocycles. The molecule has 8 heteroatoms. The Labute approximate surface area is 126 Å². The van der Waals surface area contributed by atoms with E-state index >= 15 is 0 Å². The van der Waals surface area contributed by atoms with Gasteiger partial charge in [0.25, 0.3) is 0 Å². The van der Waals surface area contributed by atoms with Crippen molar-refractivity contribution in [1.29, 1.82) is 0 Å². The van der Waals surface area contributed by atoms with Crippen LogP contribution >= 0.6 is 52.1 Å². The molecule has 1 aliphatic rings. The Bertz CT molecular complexity index is 282. The fraction of sp³-hybridized carbons (Fsp3) is 1.00. The molecule has 0 atom stereocenters. The third-order valence-electron chi connectivity index (χ3n) is 1.53. The van der Waals surface area contributed by atoms with Crippen molar-refractivity contribution >= 4 is 75.7 Å². The molecule has 1 heterocycles. The molecular formula is C8H18P2S6. The number of hydrogen-bond acceptors (Lipinski definition) is 6. The Balaban J connectivity index is 2.34. The molecule has 0 aromatic carbocycles. The minimum absolute atomic E-state index is 0.743. The van der Waals surface area contributed by atoms with E-state index in [0.29, 0.717) is 0 Å². The zero-order valence-corrected chi connectivity index (χ0v) is 16.6. The summed E-state index contributed by atoms with van der Waals surface area (Å²) in [7, 11) is 0. The first-order valence-electron chi connectivity index (χ1n) is 5.16. The largest absolute Gasteiger partial charge is 0.121 e. The van der Waals surface area contributed by atoms with Gasteiger partial charge in [0.1, 0.15) is 7.29 Å². The van der Waals surface area contributed by atoms with Gasteiger partial charge in [-0.15, -0.1) is 22.8 Å². The van der Waals surface area contributed by atoms with Crippen molar-refractivity contribution in [2.75, 3.05) is 11.5 Å². The van der Waals surface area contributed by atoms with Crippen LogP contribution in [0.25, 0.3) is 0 Å². The lowest BCUT2D eigenvalue weighted by atomic mass is 10.3. The van der Waals surface area contributed by atoms with E-state index < -0.39 is 7.29 Å². The summed E-state index contributed by atoms with van der Waals surface area (Å²) < 4.78 is -2.44. The van der Waals surface area contributed by atoms with E-state index in [0.717, 1.165) is 11.8 Å². The van der Waals surface area contributed by atoms with E-state index in [9.17, 15) is 0 Å². The van der Waals surface area contributed by atoms with E-state index in [1.165, 1.54) is 11.5 Å². The second-order valence-corrected chi connectivity index (χ2v) is 34.7. The summed E-state index contributed by atoms with van der Waals surface area (Å²) in [6.07, 6.45) is 0. The lowest BCUT2D eigenvalue weighted by Gasteiger charge is -2.39. The van der Waals surface area contributed by atoms with Gasteiger partial charge in [0, 0.05) is 11.5 Å². The van der Waals surface area contributed by atoms with Crippen LogP contribution in [-0.4, -0.2) is 11.5 Å². The van der Waals surface area contributed by atoms with Gasteiger partial charge in [0.05, 0.1) is 0 Å². The predicted molar refractivity (Wildman–Crippen MR) is 98.3 cm³/mol. The van der Waals surface area contributed by atoms with Gasteiger partial charge in [-0.25, -0.2) is 0 Å². The van der Waals surface area contributed by atoms with E-state index in [4.69, 9.17) is 23.6 Å². The third-order valence-corrected chi connectivity index (χ3v) is 44.3. The molecule has 1 aliphatic heterocycles. The smallest absolute Gasteiger partial charge is 0.103 e. The molecule has 0 N–H and O–H groups in total. The first kappa shape index (κ1) is 16.8. The Morgan fingerprint density at radius 1 is 0.875 bits per heavy atom.